The standard InChI is InChI=1S/C16H20N4O4/c1-3-23-15(22)13-9-24-16(19-13)20-6-4-5-11(8-20)12-7-14(21)18-10(2)17-12/h7,9,11H,3-6,8H2,1-2H3,(H,17,18,21)/t11-/m1/s1. The van der Waals surface area contributed by atoms with Crippen molar-refractivity contribution in [2.24, 2.45) is 0 Å². The number of hydrogen-bond acceptors (Lipinski definition) is 7. The lowest BCUT2D eigenvalue weighted by molar-refractivity contribution is 0.0519. The van der Waals surface area contributed by atoms with Crippen molar-refractivity contribution in [3.05, 3.63) is 39.9 Å². The number of aryl methyl sites for hydroxylation is 1. The van der Waals surface area contributed by atoms with E-state index in [2.05, 4.69) is 15.0 Å². The van der Waals surface area contributed by atoms with Crippen molar-refractivity contribution in [1.82, 2.24) is 15.0 Å². The Kier molecular flexibility index (Phi) is 4.64. The topological polar surface area (TPSA) is 101 Å². The molecule has 1 N–H and O–H groups in total. The molecule has 1 aliphatic heterocycles. The van der Waals surface area contributed by atoms with Crippen molar-refractivity contribution >= 4 is 12.0 Å². The van der Waals surface area contributed by atoms with Gasteiger partial charge >= 0.3 is 5.97 Å². The van der Waals surface area contributed by atoms with Crippen LogP contribution in [-0.4, -0.2) is 40.6 Å². The lowest BCUT2D eigenvalue weighted by Gasteiger charge is -2.31. The van der Waals surface area contributed by atoms with Gasteiger partial charge in [-0.2, -0.15) is 4.98 Å². The zero-order valence-corrected chi connectivity index (χ0v) is 13.7. The highest BCUT2D eigenvalue weighted by molar-refractivity contribution is 5.87. The summed E-state index contributed by atoms with van der Waals surface area (Å²) in [5.74, 6) is 0.237. The van der Waals surface area contributed by atoms with Crippen molar-refractivity contribution in [3.63, 3.8) is 0 Å². The van der Waals surface area contributed by atoms with Crippen molar-refractivity contribution < 1.29 is 13.9 Å². The summed E-state index contributed by atoms with van der Waals surface area (Å²) < 4.78 is 10.3. The first-order chi connectivity index (χ1) is 11.6. The Labute approximate surface area is 138 Å². The number of anilines is 1. The molecule has 0 unspecified atom stereocenters. The molecule has 1 fully saturated rings. The summed E-state index contributed by atoms with van der Waals surface area (Å²) in [5.41, 5.74) is 0.799. The fraction of sp³-hybridized carbons (Fsp3) is 0.500. The number of nitrogens with zero attached hydrogens (tertiary/aromatic N) is 3. The average molecular weight is 332 g/mol. The number of hydrogen-bond donors (Lipinski definition) is 1. The maximum atomic E-state index is 11.7. The van der Waals surface area contributed by atoms with Gasteiger partial charge < -0.3 is 19.0 Å². The second kappa shape index (κ2) is 6.86. The van der Waals surface area contributed by atoms with E-state index in [4.69, 9.17) is 9.15 Å². The maximum Gasteiger partial charge on any atom is 0.360 e. The zero-order chi connectivity index (χ0) is 17.1. The second-order valence-electron chi connectivity index (χ2n) is 5.78. The SMILES string of the molecule is CCOC(=O)c1coc(N2CCC[C@@H](c3cc(=O)[nH]c(C)n3)C2)n1. The van der Waals surface area contributed by atoms with E-state index in [1.807, 2.05) is 4.90 Å². The lowest BCUT2D eigenvalue weighted by atomic mass is 9.95. The number of esters is 1. The van der Waals surface area contributed by atoms with E-state index >= 15 is 0 Å². The van der Waals surface area contributed by atoms with Gasteiger partial charge in [0.2, 0.25) is 0 Å². The van der Waals surface area contributed by atoms with Crippen LogP contribution < -0.4 is 10.5 Å². The number of carbonyl (C=O) groups excluding carboxylic acids is 1. The minimum Gasteiger partial charge on any atom is -0.461 e. The van der Waals surface area contributed by atoms with Crippen LogP contribution in [0.2, 0.25) is 0 Å². The van der Waals surface area contributed by atoms with E-state index in [0.717, 1.165) is 25.1 Å². The molecule has 128 valence electrons. The predicted octanol–water partition coefficient (Wildman–Crippen LogP) is 1.63. The molecule has 1 aliphatic rings. The Morgan fingerprint density at radius 3 is 3.08 bits per heavy atom. The largest absolute Gasteiger partial charge is 0.461 e. The summed E-state index contributed by atoms with van der Waals surface area (Å²) in [6.07, 6.45) is 3.18. The van der Waals surface area contributed by atoms with Crippen molar-refractivity contribution in [1.29, 1.82) is 0 Å². The first-order valence-corrected chi connectivity index (χ1v) is 8.02. The number of rotatable bonds is 4. The summed E-state index contributed by atoms with van der Waals surface area (Å²) in [4.78, 5) is 36.6. The van der Waals surface area contributed by atoms with Crippen LogP contribution in [0.1, 0.15) is 47.7 Å². The van der Waals surface area contributed by atoms with E-state index in [1.54, 1.807) is 19.9 Å². The summed E-state index contributed by atoms with van der Waals surface area (Å²) in [6, 6.07) is 1.94. The second-order valence-corrected chi connectivity index (χ2v) is 5.78. The van der Waals surface area contributed by atoms with Crippen LogP contribution in [0, 0.1) is 6.92 Å². The third-order valence-electron chi connectivity index (χ3n) is 3.97. The lowest BCUT2D eigenvalue weighted by Crippen LogP contribution is -2.35. The van der Waals surface area contributed by atoms with Crippen LogP contribution in [-0.2, 0) is 4.74 Å². The van der Waals surface area contributed by atoms with E-state index in [1.165, 1.54) is 6.26 Å². The number of aromatic amines is 1. The van der Waals surface area contributed by atoms with Crippen molar-refractivity contribution in [3.8, 4) is 0 Å². The van der Waals surface area contributed by atoms with Crippen LogP contribution in [0.4, 0.5) is 6.01 Å². The normalized spacial score (nSPS) is 17.8. The molecular formula is C16H20N4O4. The first-order valence-electron chi connectivity index (χ1n) is 8.02. The third kappa shape index (κ3) is 3.47. The maximum absolute atomic E-state index is 11.7. The van der Waals surface area contributed by atoms with Gasteiger partial charge in [0, 0.05) is 25.1 Å². The van der Waals surface area contributed by atoms with E-state index in [0.29, 0.717) is 25.0 Å². The van der Waals surface area contributed by atoms with Gasteiger partial charge in [0.05, 0.1) is 12.3 Å². The molecule has 0 aromatic carbocycles. The number of piperidine rings is 1. The van der Waals surface area contributed by atoms with Gasteiger partial charge in [-0.1, -0.05) is 0 Å². The van der Waals surface area contributed by atoms with Gasteiger partial charge in [-0.05, 0) is 26.7 Å². The Bertz CT molecular complexity index is 782. The number of H-pyrrole nitrogens is 1. The van der Waals surface area contributed by atoms with Gasteiger partial charge in [0.1, 0.15) is 12.1 Å². The minimum atomic E-state index is -0.493. The molecule has 0 aliphatic carbocycles. The molecule has 2 aromatic heterocycles. The summed E-state index contributed by atoms with van der Waals surface area (Å²) in [5, 5.41) is 0. The van der Waals surface area contributed by atoms with Crippen LogP contribution in [0.15, 0.2) is 21.5 Å². The predicted molar refractivity (Wildman–Crippen MR) is 86.2 cm³/mol. The number of nitrogens with one attached hydrogen (secondary N) is 1. The highest BCUT2D eigenvalue weighted by Crippen LogP contribution is 2.28. The molecule has 1 atom stereocenters. The van der Waals surface area contributed by atoms with Crippen LogP contribution >= 0.6 is 0 Å². The number of ether oxygens (including phenoxy) is 1. The molecule has 8 heteroatoms. The molecule has 8 nitrogen and oxygen atoms in total. The van der Waals surface area contributed by atoms with Gasteiger partial charge in [0.15, 0.2) is 5.69 Å². The fourth-order valence-electron chi connectivity index (χ4n) is 2.91. The molecule has 3 heterocycles. The molecule has 3 rings (SSSR count). The summed E-state index contributed by atoms with van der Waals surface area (Å²) >= 11 is 0. The monoisotopic (exact) mass is 332 g/mol. The molecule has 2 aromatic rings. The summed E-state index contributed by atoms with van der Waals surface area (Å²) in [7, 11) is 0. The van der Waals surface area contributed by atoms with Gasteiger partial charge in [0.25, 0.3) is 11.6 Å². The number of oxazole rings is 1. The first kappa shape index (κ1) is 16.2. The quantitative estimate of drug-likeness (QED) is 0.849. The average Bonchev–Trinajstić information content (AvgIpc) is 3.04. The molecule has 24 heavy (non-hydrogen) atoms. The smallest absolute Gasteiger partial charge is 0.360 e. The molecule has 0 radical (unpaired) electrons. The van der Waals surface area contributed by atoms with Crippen LogP contribution in [0.5, 0.6) is 0 Å². The highest BCUT2D eigenvalue weighted by Gasteiger charge is 2.26. The molecular weight excluding hydrogens is 312 g/mol. The number of carbonyl (C=O) groups is 1. The molecule has 0 spiro atoms. The summed E-state index contributed by atoms with van der Waals surface area (Å²) in [6.45, 7) is 5.22. The van der Waals surface area contributed by atoms with Crippen LogP contribution in [0.3, 0.4) is 0 Å². The van der Waals surface area contributed by atoms with E-state index in [-0.39, 0.29) is 17.2 Å². The zero-order valence-electron chi connectivity index (χ0n) is 13.7. The number of aromatic nitrogens is 3. The Balaban J connectivity index is 1.76. The molecule has 0 saturated carbocycles. The highest BCUT2D eigenvalue weighted by atomic mass is 16.5. The van der Waals surface area contributed by atoms with Crippen molar-refractivity contribution in [2.75, 3.05) is 24.6 Å². The third-order valence-corrected chi connectivity index (χ3v) is 3.97. The Hall–Kier alpha value is -2.64. The van der Waals surface area contributed by atoms with Gasteiger partial charge in [-0.15, -0.1) is 0 Å². The fourth-order valence-corrected chi connectivity index (χ4v) is 2.91. The Morgan fingerprint density at radius 2 is 2.33 bits per heavy atom. The molecule has 0 amide bonds. The molecule has 1 saturated heterocycles. The molecule has 0 bridgehead atoms. The van der Waals surface area contributed by atoms with Crippen LogP contribution in [0.25, 0.3) is 0 Å². The Morgan fingerprint density at radius 1 is 1.50 bits per heavy atom. The van der Waals surface area contributed by atoms with Crippen molar-refractivity contribution in [2.45, 2.75) is 32.6 Å². The minimum absolute atomic E-state index is 0.123. The van der Waals surface area contributed by atoms with E-state index < -0.39 is 5.97 Å². The van der Waals surface area contributed by atoms with E-state index in [9.17, 15) is 9.59 Å². The van der Waals surface area contributed by atoms with Gasteiger partial charge in [-0.25, -0.2) is 9.78 Å². The van der Waals surface area contributed by atoms with Gasteiger partial charge in [-0.3, -0.25) is 4.79 Å².